The zero-order valence-electron chi connectivity index (χ0n) is 14.2. The number of halogens is 1. The highest BCUT2D eigenvalue weighted by Gasteiger charge is 2.23. The van der Waals surface area contributed by atoms with Gasteiger partial charge < -0.3 is 10.1 Å². The van der Waals surface area contributed by atoms with E-state index in [4.69, 9.17) is 4.74 Å². The van der Waals surface area contributed by atoms with Crippen molar-refractivity contribution in [1.82, 2.24) is 0 Å². The molecule has 2 aromatic rings. The van der Waals surface area contributed by atoms with E-state index >= 15 is 0 Å². The van der Waals surface area contributed by atoms with Gasteiger partial charge in [0, 0.05) is 5.69 Å². The zero-order valence-corrected chi connectivity index (χ0v) is 15.0. The van der Waals surface area contributed by atoms with Crippen LogP contribution < -0.4 is 14.4 Å². The summed E-state index contributed by atoms with van der Waals surface area (Å²) in [6.07, 6.45) is 2.52. The van der Waals surface area contributed by atoms with Crippen molar-refractivity contribution in [2.75, 3.05) is 29.0 Å². The molecule has 0 saturated heterocycles. The van der Waals surface area contributed by atoms with Crippen LogP contribution in [0, 0.1) is 5.82 Å². The number of nitrogens with zero attached hydrogens (tertiary/aromatic N) is 1. The third-order valence-corrected chi connectivity index (χ3v) is 4.44. The Kier molecular flexibility index (Phi) is 6.35. The topological polar surface area (TPSA) is 75.7 Å². The first-order chi connectivity index (χ1) is 12.3. The molecule has 0 aliphatic rings. The van der Waals surface area contributed by atoms with Crippen molar-refractivity contribution in [3.05, 3.63) is 67.0 Å². The summed E-state index contributed by atoms with van der Waals surface area (Å²) in [5, 5.41) is 2.57. The molecule has 0 radical (unpaired) electrons. The van der Waals surface area contributed by atoms with Crippen molar-refractivity contribution in [2.45, 2.75) is 0 Å². The minimum absolute atomic E-state index is 0.182. The van der Waals surface area contributed by atoms with Crippen molar-refractivity contribution in [2.24, 2.45) is 0 Å². The van der Waals surface area contributed by atoms with E-state index in [-0.39, 0.29) is 5.69 Å². The number of rotatable bonds is 8. The molecule has 0 bridgehead atoms. The summed E-state index contributed by atoms with van der Waals surface area (Å²) in [5.74, 6) is -0.722. The van der Waals surface area contributed by atoms with Crippen LogP contribution in [0.2, 0.25) is 0 Å². The average molecular weight is 378 g/mol. The Morgan fingerprint density at radius 2 is 1.88 bits per heavy atom. The number of carbonyl (C=O) groups excluding carboxylic acids is 1. The lowest BCUT2D eigenvalue weighted by molar-refractivity contribution is -0.114. The van der Waals surface area contributed by atoms with E-state index in [2.05, 4.69) is 11.9 Å². The van der Waals surface area contributed by atoms with Crippen LogP contribution in [0.1, 0.15) is 0 Å². The smallest absolute Gasteiger partial charge is 0.245 e. The number of carbonyl (C=O) groups is 1. The van der Waals surface area contributed by atoms with Gasteiger partial charge in [-0.1, -0.05) is 24.8 Å². The molecule has 2 aromatic carbocycles. The molecule has 1 amide bonds. The fourth-order valence-corrected chi connectivity index (χ4v) is 3.01. The van der Waals surface area contributed by atoms with Gasteiger partial charge in [0.25, 0.3) is 0 Å². The molecule has 0 heterocycles. The molecule has 0 spiro atoms. The molecule has 0 atom stereocenters. The van der Waals surface area contributed by atoms with Gasteiger partial charge >= 0.3 is 0 Å². The maximum absolute atomic E-state index is 13.9. The Hall–Kier alpha value is -2.87. The quantitative estimate of drug-likeness (QED) is 0.717. The maximum atomic E-state index is 13.9. The van der Waals surface area contributed by atoms with Crippen LogP contribution in [-0.4, -0.2) is 33.7 Å². The summed E-state index contributed by atoms with van der Waals surface area (Å²) in [4.78, 5) is 12.2. The van der Waals surface area contributed by atoms with E-state index in [9.17, 15) is 17.6 Å². The molecule has 0 aliphatic heterocycles. The summed E-state index contributed by atoms with van der Waals surface area (Å²) in [6, 6.07) is 11.9. The molecule has 2 rings (SSSR count). The van der Waals surface area contributed by atoms with Crippen LogP contribution in [0.15, 0.2) is 61.2 Å². The normalized spacial score (nSPS) is 10.8. The molecule has 0 fully saturated rings. The lowest BCUT2D eigenvalue weighted by Gasteiger charge is -2.22. The average Bonchev–Trinajstić information content (AvgIpc) is 2.59. The second kappa shape index (κ2) is 8.48. The summed E-state index contributed by atoms with van der Waals surface area (Å²) in [7, 11) is -3.84. The number of amides is 1. The number of benzene rings is 2. The first kappa shape index (κ1) is 19.5. The molecule has 1 N–H and O–H groups in total. The van der Waals surface area contributed by atoms with Crippen molar-refractivity contribution < 1.29 is 22.3 Å². The van der Waals surface area contributed by atoms with Gasteiger partial charge in [-0.3, -0.25) is 9.10 Å². The predicted molar refractivity (Wildman–Crippen MR) is 99.4 cm³/mol. The number of hydrogen-bond donors (Lipinski definition) is 1. The van der Waals surface area contributed by atoms with Crippen LogP contribution >= 0.6 is 0 Å². The van der Waals surface area contributed by atoms with E-state index in [0.717, 1.165) is 16.6 Å². The van der Waals surface area contributed by atoms with Crippen molar-refractivity contribution in [1.29, 1.82) is 0 Å². The van der Waals surface area contributed by atoms with Crippen LogP contribution in [0.25, 0.3) is 0 Å². The van der Waals surface area contributed by atoms with Gasteiger partial charge in [0.2, 0.25) is 15.9 Å². The van der Waals surface area contributed by atoms with Gasteiger partial charge in [0.1, 0.15) is 24.7 Å². The number of ether oxygens (including phenoxy) is 1. The van der Waals surface area contributed by atoms with E-state index in [1.807, 2.05) is 0 Å². The first-order valence-corrected chi connectivity index (χ1v) is 9.52. The second-order valence-corrected chi connectivity index (χ2v) is 7.30. The predicted octanol–water partition coefficient (Wildman–Crippen LogP) is 2.80. The molecule has 6 nitrogen and oxygen atoms in total. The minimum atomic E-state index is -3.84. The van der Waals surface area contributed by atoms with E-state index in [1.54, 1.807) is 30.3 Å². The summed E-state index contributed by atoms with van der Waals surface area (Å²) in [6.45, 7) is 3.36. The molecular formula is C18H19FN2O4S. The Balaban J connectivity index is 2.11. The van der Waals surface area contributed by atoms with Crippen LogP contribution in [0.4, 0.5) is 15.8 Å². The fraction of sp³-hybridized carbons (Fsp3) is 0.167. The highest BCUT2D eigenvalue weighted by atomic mass is 32.2. The number of anilines is 2. The molecule has 0 aromatic heterocycles. The molecule has 0 saturated carbocycles. The SMILES string of the molecule is C=CCOc1ccc(NC(=O)CN(c2ccccc2F)S(C)(=O)=O)cc1. The van der Waals surface area contributed by atoms with Crippen LogP contribution in [0.3, 0.4) is 0 Å². The van der Waals surface area contributed by atoms with E-state index < -0.39 is 28.3 Å². The lowest BCUT2D eigenvalue weighted by Crippen LogP contribution is -2.38. The number of para-hydroxylation sites is 1. The van der Waals surface area contributed by atoms with Crippen LogP contribution in [0.5, 0.6) is 5.75 Å². The van der Waals surface area contributed by atoms with Crippen molar-refractivity contribution >= 4 is 27.3 Å². The first-order valence-electron chi connectivity index (χ1n) is 7.67. The van der Waals surface area contributed by atoms with Crippen LogP contribution in [-0.2, 0) is 14.8 Å². The zero-order chi connectivity index (χ0) is 19.2. The summed E-state index contributed by atoms with van der Waals surface area (Å²) in [5.41, 5.74) is 0.279. The summed E-state index contributed by atoms with van der Waals surface area (Å²) < 4.78 is 43.9. The van der Waals surface area contributed by atoms with Gasteiger partial charge in [-0.05, 0) is 36.4 Å². The standard InChI is InChI=1S/C18H19FN2O4S/c1-3-12-25-15-10-8-14(9-11-15)20-18(22)13-21(26(2,23)24)17-7-5-4-6-16(17)19/h3-11H,1,12-13H2,2H3,(H,20,22). The maximum Gasteiger partial charge on any atom is 0.245 e. The molecule has 8 heteroatoms. The monoisotopic (exact) mass is 378 g/mol. The molecule has 0 aliphatic carbocycles. The van der Waals surface area contributed by atoms with Gasteiger partial charge in [0.05, 0.1) is 11.9 Å². The van der Waals surface area contributed by atoms with Crippen molar-refractivity contribution in [3.8, 4) is 5.75 Å². The number of sulfonamides is 1. The fourth-order valence-electron chi connectivity index (χ4n) is 2.16. The second-order valence-electron chi connectivity index (χ2n) is 5.39. The Morgan fingerprint density at radius 3 is 2.46 bits per heavy atom. The third-order valence-electron chi connectivity index (χ3n) is 3.31. The van der Waals surface area contributed by atoms with Gasteiger partial charge in [-0.2, -0.15) is 0 Å². The number of nitrogens with one attached hydrogen (secondary N) is 1. The highest BCUT2D eigenvalue weighted by Crippen LogP contribution is 2.21. The molecule has 0 unspecified atom stereocenters. The Bertz CT molecular complexity index is 882. The van der Waals surface area contributed by atoms with E-state index in [1.165, 1.54) is 18.2 Å². The highest BCUT2D eigenvalue weighted by molar-refractivity contribution is 7.92. The lowest BCUT2D eigenvalue weighted by atomic mass is 10.3. The van der Waals surface area contributed by atoms with Crippen molar-refractivity contribution in [3.63, 3.8) is 0 Å². The number of hydrogen-bond acceptors (Lipinski definition) is 4. The van der Waals surface area contributed by atoms with Gasteiger partial charge in [0.15, 0.2) is 0 Å². The molecular weight excluding hydrogens is 359 g/mol. The Morgan fingerprint density at radius 1 is 1.23 bits per heavy atom. The van der Waals surface area contributed by atoms with Gasteiger partial charge in [-0.25, -0.2) is 12.8 Å². The Labute approximate surface area is 151 Å². The van der Waals surface area contributed by atoms with Gasteiger partial charge in [-0.15, -0.1) is 0 Å². The third kappa shape index (κ3) is 5.32. The molecule has 138 valence electrons. The van der Waals surface area contributed by atoms with E-state index in [0.29, 0.717) is 18.0 Å². The molecule has 26 heavy (non-hydrogen) atoms. The largest absolute Gasteiger partial charge is 0.490 e. The minimum Gasteiger partial charge on any atom is -0.490 e. The summed E-state index contributed by atoms with van der Waals surface area (Å²) >= 11 is 0.